The summed E-state index contributed by atoms with van der Waals surface area (Å²) >= 11 is 27.2. The molecule has 1 heterocycles. The van der Waals surface area contributed by atoms with Gasteiger partial charge in [0.05, 0.1) is 0 Å². The Balaban J connectivity index is 3.33. The molecule has 19 heavy (non-hydrogen) atoms. The van der Waals surface area contributed by atoms with Crippen LogP contribution in [0.15, 0.2) is 13.5 Å². The Morgan fingerprint density at radius 3 is 1.53 bits per heavy atom. The quantitative estimate of drug-likeness (QED) is 0.311. The fraction of sp³-hybridized carbons (Fsp3) is 1.00. The van der Waals surface area contributed by atoms with Gasteiger partial charge in [0.15, 0.2) is 0 Å². The monoisotopic (exact) mass is 445 g/mol. The molecule has 0 saturated carbocycles. The summed E-state index contributed by atoms with van der Waals surface area (Å²) in [7, 11) is 0. The summed E-state index contributed by atoms with van der Waals surface area (Å²) in [6, 6.07) is 0. The molecule has 0 amide bonds. The van der Waals surface area contributed by atoms with Crippen molar-refractivity contribution in [3.63, 3.8) is 0 Å². The van der Waals surface area contributed by atoms with Crippen LogP contribution in [-0.4, -0.2) is 12.3 Å². The van der Waals surface area contributed by atoms with Crippen LogP contribution in [-0.2, 0) is 4.52 Å². The lowest BCUT2D eigenvalue weighted by atomic mass is 10.6. The van der Waals surface area contributed by atoms with Crippen LogP contribution >= 0.6 is 74.8 Å². The zero-order chi connectivity index (χ0) is 15.3. The van der Waals surface area contributed by atoms with Crippen molar-refractivity contribution in [2.45, 2.75) is 12.3 Å². The molecule has 0 saturated heterocycles. The van der Waals surface area contributed by atoms with Gasteiger partial charge in [-0.05, 0) is 56.2 Å². The molecule has 1 aliphatic rings. The van der Waals surface area contributed by atoms with Crippen LogP contribution in [0.4, 0.5) is 22.0 Å². The van der Waals surface area contributed by atoms with Crippen molar-refractivity contribution in [3.05, 3.63) is 0 Å². The number of nitrogens with zero attached hydrogens (tertiary/aromatic N) is 3. The van der Waals surface area contributed by atoms with Crippen LogP contribution < -0.4 is 0 Å². The third kappa shape index (κ3) is 5.15. The molecular formula is C2Cl5F5N3OP3. The van der Waals surface area contributed by atoms with Crippen molar-refractivity contribution in [2.24, 2.45) is 13.5 Å². The van der Waals surface area contributed by atoms with Crippen molar-refractivity contribution < 1.29 is 26.5 Å². The van der Waals surface area contributed by atoms with E-state index in [-0.39, 0.29) is 0 Å². The Morgan fingerprint density at radius 2 is 1.16 bits per heavy atom. The Labute approximate surface area is 127 Å². The highest BCUT2D eigenvalue weighted by molar-refractivity contribution is 8.22. The lowest BCUT2D eigenvalue weighted by Gasteiger charge is -2.26. The molecule has 114 valence electrons. The Bertz CT molecular complexity index is 539. The van der Waals surface area contributed by atoms with E-state index in [1.165, 1.54) is 0 Å². The molecular weight excluding hydrogens is 447 g/mol. The first-order valence-electron chi connectivity index (χ1n) is 3.63. The van der Waals surface area contributed by atoms with Gasteiger partial charge in [-0.2, -0.15) is 35.5 Å². The van der Waals surface area contributed by atoms with Crippen molar-refractivity contribution in [3.8, 4) is 0 Å². The molecule has 0 fully saturated rings. The van der Waals surface area contributed by atoms with E-state index in [1.54, 1.807) is 0 Å². The van der Waals surface area contributed by atoms with E-state index >= 15 is 0 Å². The van der Waals surface area contributed by atoms with Crippen LogP contribution in [0.5, 0.6) is 0 Å². The highest BCUT2D eigenvalue weighted by atomic mass is 35.9. The van der Waals surface area contributed by atoms with E-state index in [0.717, 1.165) is 0 Å². The predicted octanol–water partition coefficient (Wildman–Crippen LogP) is 8.20. The van der Waals surface area contributed by atoms with E-state index in [0.29, 0.717) is 0 Å². The van der Waals surface area contributed by atoms with Crippen molar-refractivity contribution >= 4 is 74.8 Å². The van der Waals surface area contributed by atoms with E-state index in [1.807, 2.05) is 0 Å². The molecule has 0 spiro atoms. The second kappa shape index (κ2) is 5.43. The molecule has 0 N–H and O–H groups in total. The molecule has 0 aliphatic carbocycles. The molecule has 0 aromatic rings. The summed E-state index contributed by atoms with van der Waals surface area (Å²) in [5, 5.41) is 0. The molecule has 0 aromatic heterocycles. The Morgan fingerprint density at radius 1 is 0.737 bits per heavy atom. The summed E-state index contributed by atoms with van der Waals surface area (Å²) in [5.74, 6) is -7.48. The normalized spacial score (nSPS) is 30.0. The van der Waals surface area contributed by atoms with Gasteiger partial charge in [-0.15, -0.1) is 0 Å². The molecule has 4 nitrogen and oxygen atoms in total. The molecule has 1 aliphatic heterocycles. The maximum atomic E-state index is 12.8. The van der Waals surface area contributed by atoms with Crippen LogP contribution in [0.2, 0.25) is 0 Å². The number of hydrogen-bond acceptors (Lipinski definition) is 4. The predicted molar refractivity (Wildman–Crippen MR) is 69.4 cm³/mol. The molecule has 1 atom stereocenters. The minimum Gasteiger partial charge on any atom is -0.242 e. The van der Waals surface area contributed by atoms with Crippen molar-refractivity contribution in [1.82, 2.24) is 0 Å². The van der Waals surface area contributed by atoms with E-state index in [4.69, 9.17) is 56.2 Å². The standard InChI is InChI=1S/C2Cl5F5N3OP3/c3-17(4)13-18(5,6)15-19(7,14-17)16-2(11,12)1(8,9)10. The van der Waals surface area contributed by atoms with Gasteiger partial charge in [0.1, 0.15) is 0 Å². The average Bonchev–Trinajstić information content (AvgIpc) is 1.88. The van der Waals surface area contributed by atoms with E-state index in [9.17, 15) is 22.0 Å². The number of halogens is 10. The van der Waals surface area contributed by atoms with Crippen LogP contribution in [0.3, 0.4) is 0 Å². The fourth-order valence-electron chi connectivity index (χ4n) is 0.683. The Kier molecular flexibility index (Phi) is 5.38. The molecule has 0 radical (unpaired) electrons. The minimum absolute atomic E-state index is 3.08. The van der Waals surface area contributed by atoms with Gasteiger partial charge in [0.25, 0.3) is 11.8 Å². The van der Waals surface area contributed by atoms with Gasteiger partial charge in [-0.25, -0.2) is 4.52 Å². The molecule has 0 bridgehead atoms. The lowest BCUT2D eigenvalue weighted by molar-refractivity contribution is -0.359. The summed E-state index contributed by atoms with van der Waals surface area (Å²) in [4.78, 5) is 0. The summed E-state index contributed by atoms with van der Waals surface area (Å²) in [5.41, 5.74) is 0. The number of rotatable bonds is 2. The second-order valence-corrected chi connectivity index (χ2v) is 15.9. The molecule has 17 heteroatoms. The first kappa shape index (κ1) is 18.8. The topological polar surface area (TPSA) is 46.3 Å². The number of hydrogen-bond donors (Lipinski definition) is 0. The highest BCUT2D eigenvalue weighted by Crippen LogP contribution is 2.87. The first-order chi connectivity index (χ1) is 8.08. The van der Waals surface area contributed by atoms with Gasteiger partial charge in [-0.3, -0.25) is 0 Å². The smallest absolute Gasteiger partial charge is 0.242 e. The summed E-state index contributed by atoms with van der Waals surface area (Å²) in [6.07, 6.45) is -11.7. The maximum Gasteiger partial charge on any atom is 0.483 e. The fourth-order valence-corrected chi connectivity index (χ4v) is 17.3. The SMILES string of the molecule is FC(F)(F)C(F)(F)OP1(Cl)=NP(Cl)(Cl)=NP(Cl)(Cl)=N1. The van der Waals surface area contributed by atoms with Gasteiger partial charge < -0.3 is 0 Å². The molecule has 1 rings (SSSR count). The third-order valence-corrected chi connectivity index (χ3v) is 13.2. The van der Waals surface area contributed by atoms with E-state index in [2.05, 4.69) is 18.1 Å². The summed E-state index contributed by atoms with van der Waals surface area (Å²) in [6.45, 7) is -4.60. The highest BCUT2D eigenvalue weighted by Gasteiger charge is 2.62. The largest absolute Gasteiger partial charge is 0.483 e. The Hall–Kier alpha value is 1.75. The molecule has 1 unspecified atom stereocenters. The van der Waals surface area contributed by atoms with Gasteiger partial charge in [-0.1, -0.05) is 0 Å². The van der Waals surface area contributed by atoms with Crippen LogP contribution in [0, 0.1) is 0 Å². The van der Waals surface area contributed by atoms with Crippen molar-refractivity contribution in [2.75, 3.05) is 0 Å². The van der Waals surface area contributed by atoms with Crippen molar-refractivity contribution in [1.29, 1.82) is 0 Å². The van der Waals surface area contributed by atoms with Gasteiger partial charge in [0.2, 0.25) is 0 Å². The van der Waals surface area contributed by atoms with E-state index < -0.39 is 30.9 Å². The zero-order valence-electron chi connectivity index (χ0n) is 7.87. The van der Waals surface area contributed by atoms with Gasteiger partial charge >= 0.3 is 19.1 Å². The lowest BCUT2D eigenvalue weighted by Crippen LogP contribution is -2.37. The second-order valence-electron chi connectivity index (χ2n) is 2.76. The molecule has 0 aromatic carbocycles. The van der Waals surface area contributed by atoms with Crippen LogP contribution in [0.1, 0.15) is 0 Å². The van der Waals surface area contributed by atoms with Gasteiger partial charge in [0, 0.05) is 0 Å². The number of alkyl halides is 5. The third-order valence-electron chi connectivity index (χ3n) is 1.21. The summed E-state index contributed by atoms with van der Waals surface area (Å²) < 4.78 is 74.5. The minimum atomic E-state index is -6.03. The zero-order valence-corrected chi connectivity index (χ0v) is 14.3. The van der Waals surface area contributed by atoms with Crippen LogP contribution in [0.25, 0.3) is 0 Å². The average molecular weight is 447 g/mol. The first-order valence-corrected chi connectivity index (χ1v) is 13.2. The maximum absolute atomic E-state index is 12.8.